The van der Waals surface area contributed by atoms with Crippen LogP contribution >= 0.6 is 0 Å². The molecule has 0 atom stereocenters. The largest absolute Gasteiger partial charge is 0.497 e. The van der Waals surface area contributed by atoms with E-state index < -0.39 is 0 Å². The van der Waals surface area contributed by atoms with Crippen molar-refractivity contribution in [1.29, 1.82) is 0 Å². The lowest BCUT2D eigenvalue weighted by atomic mass is 10.2. The molecule has 5 heteroatoms. The molecule has 0 unspecified atom stereocenters. The molecule has 3 aromatic carbocycles. The molecule has 0 saturated heterocycles. The van der Waals surface area contributed by atoms with Crippen molar-refractivity contribution in [3.05, 3.63) is 90.0 Å². The van der Waals surface area contributed by atoms with Crippen LogP contribution < -0.4 is 20.4 Å². The number of anilines is 2. The van der Waals surface area contributed by atoms with Crippen molar-refractivity contribution < 1.29 is 4.74 Å². The highest BCUT2D eigenvalue weighted by molar-refractivity contribution is 6.02. The zero-order valence-corrected chi connectivity index (χ0v) is 14.8. The number of hydrogen-bond acceptors (Lipinski definition) is 5. The molecular formula is C21H20N4O. The van der Waals surface area contributed by atoms with Gasteiger partial charge in [-0.3, -0.25) is 5.43 Å². The summed E-state index contributed by atoms with van der Waals surface area (Å²) in [6.45, 7) is 2.08. The second-order valence-corrected chi connectivity index (χ2v) is 6.06. The summed E-state index contributed by atoms with van der Waals surface area (Å²) in [7, 11) is 1.66. The first-order chi connectivity index (χ1) is 12.7. The zero-order chi connectivity index (χ0) is 17.9. The minimum atomic E-state index is 0.794. The Kier molecular flexibility index (Phi) is 4.19. The number of hydrazine groups is 2. The quantitative estimate of drug-likeness (QED) is 0.773. The molecule has 0 aliphatic carbocycles. The van der Waals surface area contributed by atoms with E-state index in [2.05, 4.69) is 36.6 Å². The van der Waals surface area contributed by atoms with Gasteiger partial charge in [0, 0.05) is 5.56 Å². The fraction of sp³-hybridized carbons (Fsp3) is 0.0952. The van der Waals surface area contributed by atoms with Crippen LogP contribution in [0, 0.1) is 6.92 Å². The topological polar surface area (TPSA) is 40.1 Å². The molecule has 1 heterocycles. The van der Waals surface area contributed by atoms with Crippen LogP contribution in [0.4, 0.5) is 11.4 Å². The highest BCUT2D eigenvalue weighted by Crippen LogP contribution is 2.27. The Hall–Kier alpha value is -3.47. The van der Waals surface area contributed by atoms with Crippen molar-refractivity contribution >= 4 is 17.2 Å². The third-order valence-electron chi connectivity index (χ3n) is 4.23. The summed E-state index contributed by atoms with van der Waals surface area (Å²) in [5, 5.41) is 8.58. The number of benzene rings is 3. The fourth-order valence-corrected chi connectivity index (χ4v) is 2.78. The van der Waals surface area contributed by atoms with Gasteiger partial charge in [-0.25, -0.2) is 0 Å². The third-order valence-corrected chi connectivity index (χ3v) is 4.23. The van der Waals surface area contributed by atoms with Gasteiger partial charge in [-0.2, -0.15) is 10.2 Å². The van der Waals surface area contributed by atoms with Crippen molar-refractivity contribution in [3.8, 4) is 5.75 Å². The standard InChI is InChI=1S/C21H20N4O/c1-16-8-10-18(11-9-16)24-22-21(17-6-4-3-5-7-17)23-25(24)19-12-14-20(26-2)15-13-19/h3-15H,1-2H3,(H,22,23). The molecule has 0 amide bonds. The predicted molar refractivity (Wildman–Crippen MR) is 105 cm³/mol. The molecule has 0 bridgehead atoms. The summed E-state index contributed by atoms with van der Waals surface area (Å²) in [6.07, 6.45) is 0. The lowest BCUT2D eigenvalue weighted by Gasteiger charge is -2.28. The minimum absolute atomic E-state index is 0.794. The molecule has 4 rings (SSSR count). The average molecular weight is 344 g/mol. The van der Waals surface area contributed by atoms with Gasteiger partial charge in [-0.05, 0) is 43.3 Å². The second kappa shape index (κ2) is 6.80. The summed E-state index contributed by atoms with van der Waals surface area (Å²) in [5.74, 6) is 1.61. The first kappa shape index (κ1) is 16.0. The van der Waals surface area contributed by atoms with Gasteiger partial charge in [0.25, 0.3) is 0 Å². The van der Waals surface area contributed by atoms with Gasteiger partial charge in [-0.15, -0.1) is 5.10 Å². The Morgan fingerprint density at radius 1 is 0.808 bits per heavy atom. The first-order valence-corrected chi connectivity index (χ1v) is 8.46. The number of ether oxygens (including phenoxy) is 1. The number of nitrogens with zero attached hydrogens (tertiary/aromatic N) is 3. The van der Waals surface area contributed by atoms with Crippen LogP contribution in [-0.2, 0) is 0 Å². The molecule has 0 saturated carbocycles. The van der Waals surface area contributed by atoms with E-state index in [9.17, 15) is 0 Å². The molecule has 0 aromatic heterocycles. The Morgan fingerprint density at radius 2 is 1.46 bits per heavy atom. The lowest BCUT2D eigenvalue weighted by molar-refractivity contribution is 0.415. The highest BCUT2D eigenvalue weighted by atomic mass is 16.5. The SMILES string of the molecule is COc1ccc(N2N=C(c3ccccc3)NN2c2ccc(C)cc2)cc1. The minimum Gasteiger partial charge on any atom is -0.497 e. The van der Waals surface area contributed by atoms with E-state index >= 15 is 0 Å². The second-order valence-electron chi connectivity index (χ2n) is 6.06. The molecule has 1 aliphatic rings. The van der Waals surface area contributed by atoms with Gasteiger partial charge in [0.1, 0.15) is 5.75 Å². The van der Waals surface area contributed by atoms with Crippen molar-refractivity contribution in [1.82, 2.24) is 5.43 Å². The number of hydrogen-bond donors (Lipinski definition) is 1. The number of hydrazone groups is 1. The van der Waals surface area contributed by atoms with Crippen LogP contribution in [0.3, 0.4) is 0 Å². The van der Waals surface area contributed by atoms with Crippen molar-refractivity contribution in [2.45, 2.75) is 6.92 Å². The lowest BCUT2D eigenvalue weighted by Crippen LogP contribution is -2.44. The molecule has 1 aliphatic heterocycles. The number of amidine groups is 1. The zero-order valence-electron chi connectivity index (χ0n) is 14.8. The van der Waals surface area contributed by atoms with Gasteiger partial charge in [0.2, 0.25) is 0 Å². The molecule has 1 N–H and O–H groups in total. The van der Waals surface area contributed by atoms with Gasteiger partial charge in [0.05, 0.1) is 18.5 Å². The molecular weight excluding hydrogens is 324 g/mol. The van der Waals surface area contributed by atoms with Crippen LogP contribution in [0.1, 0.15) is 11.1 Å². The van der Waals surface area contributed by atoms with Crippen molar-refractivity contribution in [3.63, 3.8) is 0 Å². The molecule has 26 heavy (non-hydrogen) atoms. The molecule has 0 fully saturated rings. The maximum atomic E-state index is 5.26. The van der Waals surface area contributed by atoms with E-state index in [0.29, 0.717) is 0 Å². The Labute approximate surface area is 153 Å². The molecule has 5 nitrogen and oxygen atoms in total. The average Bonchev–Trinajstić information content (AvgIpc) is 3.15. The van der Waals surface area contributed by atoms with E-state index in [-0.39, 0.29) is 0 Å². The summed E-state index contributed by atoms with van der Waals surface area (Å²) >= 11 is 0. The van der Waals surface area contributed by atoms with Crippen LogP contribution in [0.5, 0.6) is 5.75 Å². The van der Waals surface area contributed by atoms with Gasteiger partial charge >= 0.3 is 0 Å². The number of rotatable bonds is 4. The van der Waals surface area contributed by atoms with E-state index in [1.54, 1.807) is 7.11 Å². The Morgan fingerprint density at radius 3 is 2.12 bits per heavy atom. The van der Waals surface area contributed by atoms with Crippen LogP contribution in [0.25, 0.3) is 0 Å². The monoisotopic (exact) mass is 344 g/mol. The molecule has 0 radical (unpaired) electrons. The fourth-order valence-electron chi connectivity index (χ4n) is 2.78. The number of methoxy groups -OCH3 is 1. The smallest absolute Gasteiger partial charge is 0.176 e. The van der Waals surface area contributed by atoms with E-state index in [4.69, 9.17) is 9.84 Å². The Bertz CT molecular complexity index is 905. The highest BCUT2D eigenvalue weighted by Gasteiger charge is 2.26. The van der Waals surface area contributed by atoms with Crippen molar-refractivity contribution in [2.24, 2.45) is 5.10 Å². The number of nitrogens with one attached hydrogen (secondary N) is 1. The third kappa shape index (κ3) is 3.07. The van der Waals surface area contributed by atoms with E-state index in [1.165, 1.54) is 5.56 Å². The normalized spacial score (nSPS) is 13.4. The summed E-state index contributed by atoms with van der Waals surface area (Å²) in [6, 6.07) is 26.2. The first-order valence-electron chi connectivity index (χ1n) is 8.46. The van der Waals surface area contributed by atoms with Gasteiger partial charge in [-0.1, -0.05) is 48.0 Å². The summed E-state index contributed by atoms with van der Waals surface area (Å²) in [4.78, 5) is 0. The van der Waals surface area contributed by atoms with Gasteiger partial charge < -0.3 is 4.74 Å². The van der Waals surface area contributed by atoms with Gasteiger partial charge in [0.15, 0.2) is 5.84 Å². The van der Waals surface area contributed by atoms with Crippen LogP contribution in [0.15, 0.2) is 84.0 Å². The molecule has 3 aromatic rings. The molecule has 0 spiro atoms. The summed E-state index contributed by atoms with van der Waals surface area (Å²) < 4.78 is 5.26. The van der Waals surface area contributed by atoms with Crippen molar-refractivity contribution in [2.75, 3.05) is 17.3 Å². The maximum absolute atomic E-state index is 5.26. The van der Waals surface area contributed by atoms with E-state index in [1.807, 2.05) is 64.8 Å². The van der Waals surface area contributed by atoms with Crippen LogP contribution in [-0.4, -0.2) is 12.9 Å². The summed E-state index contributed by atoms with van der Waals surface area (Å²) in [5.41, 5.74) is 7.58. The molecule has 130 valence electrons. The predicted octanol–water partition coefficient (Wildman–Crippen LogP) is 4.11. The Balaban J connectivity index is 1.73. The van der Waals surface area contributed by atoms with E-state index in [0.717, 1.165) is 28.5 Å². The van der Waals surface area contributed by atoms with Crippen LogP contribution in [0.2, 0.25) is 0 Å². The maximum Gasteiger partial charge on any atom is 0.176 e. The number of aryl methyl sites for hydroxylation is 1.